The Labute approximate surface area is 189 Å². The minimum Gasteiger partial charge on any atom is -0.464 e. The SMILES string of the molecule is CCOC(=O)[C@H]1[C@@H](c2ccccc2)S[C@H]2CC[C@H](N3C(=O)c4ccccc4C3=O)C(=O)N21. The van der Waals surface area contributed by atoms with Gasteiger partial charge in [0, 0.05) is 0 Å². The first kappa shape index (κ1) is 20.8. The van der Waals surface area contributed by atoms with Gasteiger partial charge >= 0.3 is 5.97 Å². The Morgan fingerprint density at radius 2 is 1.59 bits per heavy atom. The third-order valence-electron chi connectivity index (χ3n) is 6.22. The Hall–Kier alpha value is -3.13. The Kier molecular flexibility index (Phi) is 5.25. The minimum absolute atomic E-state index is 0.204. The number of imide groups is 1. The van der Waals surface area contributed by atoms with E-state index in [1.54, 1.807) is 47.9 Å². The van der Waals surface area contributed by atoms with Gasteiger partial charge in [0.2, 0.25) is 5.91 Å². The number of hydrogen-bond acceptors (Lipinski definition) is 6. The van der Waals surface area contributed by atoms with Crippen molar-refractivity contribution in [2.45, 2.75) is 42.5 Å². The maximum absolute atomic E-state index is 13.7. The largest absolute Gasteiger partial charge is 0.464 e. The lowest BCUT2D eigenvalue weighted by Gasteiger charge is -2.39. The highest BCUT2D eigenvalue weighted by Gasteiger charge is 2.55. The summed E-state index contributed by atoms with van der Waals surface area (Å²) in [6.07, 6.45) is 0.948. The monoisotopic (exact) mass is 450 g/mol. The van der Waals surface area contributed by atoms with Gasteiger partial charge in [0.05, 0.1) is 28.4 Å². The number of rotatable bonds is 4. The third kappa shape index (κ3) is 3.12. The normalized spacial score (nSPS) is 26.8. The average Bonchev–Trinajstić information content (AvgIpc) is 3.32. The number of amides is 3. The van der Waals surface area contributed by atoms with Crippen LogP contribution in [0.5, 0.6) is 0 Å². The predicted octanol–water partition coefficient (Wildman–Crippen LogP) is 3.02. The lowest BCUT2D eigenvalue weighted by molar-refractivity contribution is -0.157. The van der Waals surface area contributed by atoms with Crippen LogP contribution >= 0.6 is 11.8 Å². The molecular formula is C24H22N2O5S. The zero-order valence-electron chi connectivity index (χ0n) is 17.5. The molecule has 0 radical (unpaired) electrons. The Morgan fingerprint density at radius 3 is 2.22 bits per heavy atom. The molecule has 0 bridgehead atoms. The molecule has 0 saturated carbocycles. The number of thioether (sulfide) groups is 1. The standard InChI is InChI=1S/C24H22N2O5S/c1-2-31-24(30)19-20(14-8-4-3-5-9-14)32-18-13-12-17(23(29)26(18)19)25-21(27)15-10-6-7-11-16(15)22(25)28/h3-11,17-20H,2,12-13H2,1H3/t17-,18-,19+,20+/m0/s1. The van der Waals surface area contributed by atoms with E-state index in [9.17, 15) is 19.2 Å². The summed E-state index contributed by atoms with van der Waals surface area (Å²) < 4.78 is 5.33. The molecular weight excluding hydrogens is 428 g/mol. The summed E-state index contributed by atoms with van der Waals surface area (Å²) >= 11 is 1.56. The first-order valence-corrected chi connectivity index (χ1v) is 11.6. The lowest BCUT2D eigenvalue weighted by Crippen LogP contribution is -2.59. The number of carbonyl (C=O) groups is 4. The summed E-state index contributed by atoms with van der Waals surface area (Å²) in [6.45, 7) is 1.94. The van der Waals surface area contributed by atoms with Gasteiger partial charge < -0.3 is 9.64 Å². The molecule has 2 saturated heterocycles. The second-order valence-electron chi connectivity index (χ2n) is 7.98. The van der Waals surface area contributed by atoms with Crippen LogP contribution in [0.15, 0.2) is 54.6 Å². The van der Waals surface area contributed by atoms with Gasteiger partial charge in [0.1, 0.15) is 12.1 Å². The fourth-order valence-corrected chi connectivity index (χ4v) is 6.50. The Bertz CT molecular complexity index is 1070. The van der Waals surface area contributed by atoms with Crippen molar-refractivity contribution in [1.29, 1.82) is 0 Å². The van der Waals surface area contributed by atoms with Crippen molar-refractivity contribution >= 4 is 35.5 Å². The number of hydrogen-bond donors (Lipinski definition) is 0. The van der Waals surface area contributed by atoms with Crippen LogP contribution in [0.25, 0.3) is 0 Å². The summed E-state index contributed by atoms with van der Waals surface area (Å²) in [5.41, 5.74) is 1.56. The van der Waals surface area contributed by atoms with E-state index in [2.05, 4.69) is 0 Å². The van der Waals surface area contributed by atoms with Gasteiger partial charge in [-0.2, -0.15) is 0 Å². The van der Waals surface area contributed by atoms with Gasteiger partial charge in [-0.15, -0.1) is 11.8 Å². The van der Waals surface area contributed by atoms with Gasteiger partial charge in [0.25, 0.3) is 11.8 Å². The fraction of sp³-hybridized carbons (Fsp3) is 0.333. The third-order valence-corrected chi connectivity index (χ3v) is 7.82. The molecule has 3 aliphatic rings. The molecule has 5 rings (SSSR count). The molecule has 8 heteroatoms. The minimum atomic E-state index is -0.925. The Morgan fingerprint density at radius 1 is 0.969 bits per heavy atom. The Balaban J connectivity index is 1.49. The van der Waals surface area contributed by atoms with Crippen molar-refractivity contribution in [3.8, 4) is 0 Å². The van der Waals surface area contributed by atoms with E-state index in [4.69, 9.17) is 4.74 Å². The molecule has 2 aromatic rings. The first-order chi connectivity index (χ1) is 15.5. The van der Waals surface area contributed by atoms with Crippen LogP contribution in [0.2, 0.25) is 0 Å². The lowest BCUT2D eigenvalue weighted by atomic mass is 9.97. The topological polar surface area (TPSA) is 84.0 Å². The highest BCUT2D eigenvalue weighted by Crippen LogP contribution is 2.50. The van der Waals surface area contributed by atoms with Gasteiger partial charge in [-0.1, -0.05) is 42.5 Å². The molecule has 0 unspecified atom stereocenters. The van der Waals surface area contributed by atoms with Crippen molar-refractivity contribution in [2.75, 3.05) is 6.61 Å². The van der Waals surface area contributed by atoms with Crippen LogP contribution in [0.3, 0.4) is 0 Å². The van der Waals surface area contributed by atoms with E-state index < -0.39 is 29.9 Å². The van der Waals surface area contributed by atoms with Crippen molar-refractivity contribution in [2.24, 2.45) is 0 Å². The number of benzene rings is 2. The molecule has 2 aromatic carbocycles. The molecule has 32 heavy (non-hydrogen) atoms. The summed E-state index contributed by atoms with van der Waals surface area (Å²) in [5, 5.41) is -0.487. The number of piperidine rings is 1. The van der Waals surface area contributed by atoms with Crippen LogP contribution in [-0.4, -0.2) is 57.6 Å². The first-order valence-electron chi connectivity index (χ1n) is 10.7. The van der Waals surface area contributed by atoms with Crippen LogP contribution in [0.4, 0.5) is 0 Å². The van der Waals surface area contributed by atoms with E-state index in [1.165, 1.54) is 0 Å². The maximum Gasteiger partial charge on any atom is 0.330 e. The van der Waals surface area contributed by atoms with Gasteiger partial charge in [-0.05, 0) is 37.5 Å². The molecule has 0 aliphatic carbocycles. The van der Waals surface area contributed by atoms with Crippen molar-refractivity contribution < 1.29 is 23.9 Å². The van der Waals surface area contributed by atoms with E-state index in [0.717, 1.165) is 10.5 Å². The molecule has 0 N–H and O–H groups in total. The van der Waals surface area contributed by atoms with Crippen molar-refractivity contribution in [3.63, 3.8) is 0 Å². The zero-order chi connectivity index (χ0) is 22.4. The molecule has 164 valence electrons. The summed E-state index contributed by atoms with van der Waals surface area (Å²) in [7, 11) is 0. The molecule has 7 nitrogen and oxygen atoms in total. The second-order valence-corrected chi connectivity index (χ2v) is 9.31. The van der Waals surface area contributed by atoms with Crippen LogP contribution in [0, 0.1) is 0 Å². The quantitative estimate of drug-likeness (QED) is 0.526. The van der Waals surface area contributed by atoms with E-state index in [-0.39, 0.29) is 23.1 Å². The van der Waals surface area contributed by atoms with E-state index in [0.29, 0.717) is 24.0 Å². The van der Waals surface area contributed by atoms with Crippen LogP contribution in [0.1, 0.15) is 51.3 Å². The highest BCUT2D eigenvalue weighted by atomic mass is 32.2. The van der Waals surface area contributed by atoms with Crippen molar-refractivity contribution in [3.05, 3.63) is 71.3 Å². The van der Waals surface area contributed by atoms with Crippen LogP contribution in [-0.2, 0) is 14.3 Å². The summed E-state index contributed by atoms with van der Waals surface area (Å²) in [4.78, 5) is 55.3. The average molecular weight is 451 g/mol. The molecule has 3 amide bonds. The molecule has 4 atom stereocenters. The van der Waals surface area contributed by atoms with Gasteiger partial charge in [-0.25, -0.2) is 4.79 Å². The second kappa shape index (κ2) is 8.09. The number of ether oxygens (including phenoxy) is 1. The molecule has 0 spiro atoms. The van der Waals surface area contributed by atoms with Crippen LogP contribution < -0.4 is 0 Å². The highest BCUT2D eigenvalue weighted by molar-refractivity contribution is 8.00. The number of esters is 1. The van der Waals surface area contributed by atoms with E-state index >= 15 is 0 Å². The zero-order valence-corrected chi connectivity index (χ0v) is 18.3. The summed E-state index contributed by atoms with van der Waals surface area (Å²) in [5.74, 6) is -1.75. The summed E-state index contributed by atoms with van der Waals surface area (Å²) in [6, 6.07) is 14.5. The molecule has 2 fully saturated rings. The molecule has 3 heterocycles. The fourth-order valence-electron chi connectivity index (χ4n) is 4.82. The van der Waals surface area contributed by atoms with Gasteiger partial charge in [0.15, 0.2) is 0 Å². The number of carbonyl (C=O) groups excluding carboxylic acids is 4. The maximum atomic E-state index is 13.7. The number of fused-ring (bicyclic) bond motifs is 2. The predicted molar refractivity (Wildman–Crippen MR) is 118 cm³/mol. The smallest absolute Gasteiger partial charge is 0.330 e. The van der Waals surface area contributed by atoms with Crippen molar-refractivity contribution in [1.82, 2.24) is 9.80 Å². The van der Waals surface area contributed by atoms with Gasteiger partial charge in [-0.3, -0.25) is 19.3 Å². The number of nitrogens with zero attached hydrogens (tertiary/aromatic N) is 2. The van der Waals surface area contributed by atoms with E-state index in [1.807, 2.05) is 30.3 Å². The molecule has 3 aliphatic heterocycles. The molecule has 0 aromatic heterocycles.